The molecule has 0 bridgehead atoms. The Kier molecular flexibility index (Phi) is 3.55. The summed E-state index contributed by atoms with van der Waals surface area (Å²) in [5, 5.41) is 0. The lowest BCUT2D eigenvalue weighted by molar-refractivity contribution is -0.297. The zero-order valence-corrected chi connectivity index (χ0v) is 8.68. The first-order valence-electron chi connectivity index (χ1n) is 4.36. The average Bonchev–Trinajstić information content (AvgIpc) is 2.83. The Bertz CT molecular complexity index is 224. The Morgan fingerprint density at radius 2 is 1.67 bits per heavy atom. The number of halogens is 5. The Balaban J connectivity index is 2.31. The molecule has 1 aliphatic carbocycles. The minimum atomic E-state index is -5.54. The largest absolute Gasteiger partial charge is 0.455 e. The van der Waals surface area contributed by atoms with Crippen LogP contribution in [0.4, 0.5) is 22.0 Å². The van der Waals surface area contributed by atoms with Crippen LogP contribution in [-0.4, -0.2) is 31.1 Å². The molecule has 1 rings (SSSR count). The van der Waals surface area contributed by atoms with Crippen molar-refractivity contribution in [2.75, 3.05) is 19.0 Å². The molecule has 0 aromatic rings. The molecule has 0 amide bonds. The summed E-state index contributed by atoms with van der Waals surface area (Å²) in [6.07, 6.45) is -3.99. The summed E-state index contributed by atoms with van der Waals surface area (Å²) in [5.74, 6) is -4.32. The first-order chi connectivity index (χ1) is 6.72. The fraction of sp³-hybridized carbons (Fsp3) is 1.00. The minimum Gasteiger partial charge on any atom is -0.374 e. The molecule has 0 unspecified atom stereocenters. The quantitative estimate of drug-likeness (QED) is 0.583. The lowest BCUT2D eigenvalue weighted by Crippen LogP contribution is -2.41. The van der Waals surface area contributed by atoms with Gasteiger partial charge in [0.05, 0.1) is 6.61 Å². The summed E-state index contributed by atoms with van der Waals surface area (Å²) in [5.41, 5.74) is -0.273. The average molecular weight is 250 g/mol. The van der Waals surface area contributed by atoms with Crippen LogP contribution in [0.1, 0.15) is 12.8 Å². The van der Waals surface area contributed by atoms with E-state index in [9.17, 15) is 22.0 Å². The standard InChI is InChI=1S/C8H11F5OS/c9-7(10,8(11,12)13)4-14-3-6(5-15)1-2-6/h15H,1-5H2. The van der Waals surface area contributed by atoms with E-state index >= 15 is 0 Å². The van der Waals surface area contributed by atoms with Crippen molar-refractivity contribution in [3.8, 4) is 0 Å². The zero-order valence-electron chi connectivity index (χ0n) is 7.78. The number of rotatable bonds is 5. The molecule has 1 fully saturated rings. The van der Waals surface area contributed by atoms with Crippen LogP contribution >= 0.6 is 12.6 Å². The maximum Gasteiger partial charge on any atom is 0.455 e. The monoisotopic (exact) mass is 250 g/mol. The number of thiol groups is 1. The van der Waals surface area contributed by atoms with Crippen LogP contribution in [0.25, 0.3) is 0 Å². The van der Waals surface area contributed by atoms with Gasteiger partial charge in [-0.15, -0.1) is 0 Å². The highest BCUT2D eigenvalue weighted by Gasteiger charge is 2.58. The molecule has 0 N–H and O–H groups in total. The maximum atomic E-state index is 12.4. The molecule has 0 atom stereocenters. The molecule has 90 valence electrons. The molecule has 1 nitrogen and oxygen atoms in total. The highest BCUT2D eigenvalue weighted by atomic mass is 32.1. The summed E-state index contributed by atoms with van der Waals surface area (Å²) in [4.78, 5) is 0. The van der Waals surface area contributed by atoms with Crippen LogP contribution in [0.15, 0.2) is 0 Å². The highest BCUT2D eigenvalue weighted by Crippen LogP contribution is 2.47. The first-order valence-corrected chi connectivity index (χ1v) is 4.99. The summed E-state index contributed by atoms with van der Waals surface area (Å²) in [6.45, 7) is -1.69. The molecule has 0 heterocycles. The Morgan fingerprint density at radius 3 is 2.00 bits per heavy atom. The highest BCUT2D eigenvalue weighted by molar-refractivity contribution is 7.80. The second-order valence-electron chi connectivity index (χ2n) is 3.85. The summed E-state index contributed by atoms with van der Waals surface area (Å²) in [7, 11) is 0. The van der Waals surface area contributed by atoms with E-state index < -0.39 is 18.7 Å². The van der Waals surface area contributed by atoms with E-state index in [-0.39, 0.29) is 12.0 Å². The predicted molar refractivity (Wildman–Crippen MR) is 47.3 cm³/mol. The summed E-state index contributed by atoms with van der Waals surface area (Å²) in [6, 6.07) is 0. The Morgan fingerprint density at radius 1 is 1.13 bits per heavy atom. The van der Waals surface area contributed by atoms with Gasteiger partial charge >= 0.3 is 12.1 Å². The van der Waals surface area contributed by atoms with Gasteiger partial charge in [-0.1, -0.05) is 0 Å². The number of hydrogen-bond acceptors (Lipinski definition) is 2. The van der Waals surface area contributed by atoms with Crippen molar-refractivity contribution in [3.63, 3.8) is 0 Å². The van der Waals surface area contributed by atoms with Gasteiger partial charge in [-0.25, -0.2) is 0 Å². The van der Waals surface area contributed by atoms with Gasteiger partial charge in [0, 0.05) is 5.41 Å². The van der Waals surface area contributed by atoms with Gasteiger partial charge in [0.25, 0.3) is 0 Å². The summed E-state index contributed by atoms with van der Waals surface area (Å²) < 4.78 is 64.3. The third-order valence-electron chi connectivity index (χ3n) is 2.40. The van der Waals surface area contributed by atoms with Gasteiger partial charge in [0.1, 0.15) is 6.61 Å². The van der Waals surface area contributed by atoms with Crippen molar-refractivity contribution in [1.29, 1.82) is 0 Å². The molecule has 0 aromatic heterocycles. The van der Waals surface area contributed by atoms with E-state index in [0.29, 0.717) is 5.75 Å². The van der Waals surface area contributed by atoms with Crippen molar-refractivity contribution in [2.45, 2.75) is 24.9 Å². The lowest BCUT2D eigenvalue weighted by Gasteiger charge is -2.20. The van der Waals surface area contributed by atoms with Crippen molar-refractivity contribution in [1.82, 2.24) is 0 Å². The molecule has 1 saturated carbocycles. The van der Waals surface area contributed by atoms with E-state index in [2.05, 4.69) is 17.4 Å². The second kappa shape index (κ2) is 4.08. The number of hydrogen-bond donors (Lipinski definition) is 1. The van der Waals surface area contributed by atoms with Crippen molar-refractivity contribution < 1.29 is 26.7 Å². The molecular weight excluding hydrogens is 239 g/mol. The van der Waals surface area contributed by atoms with Crippen molar-refractivity contribution >= 4 is 12.6 Å². The molecule has 0 aliphatic heterocycles. The smallest absolute Gasteiger partial charge is 0.374 e. The van der Waals surface area contributed by atoms with E-state index in [1.807, 2.05) is 0 Å². The topological polar surface area (TPSA) is 9.23 Å². The minimum absolute atomic E-state index is 0.0812. The van der Waals surface area contributed by atoms with Crippen LogP contribution in [0.5, 0.6) is 0 Å². The van der Waals surface area contributed by atoms with E-state index in [4.69, 9.17) is 0 Å². The van der Waals surface area contributed by atoms with Crippen LogP contribution in [0, 0.1) is 5.41 Å². The summed E-state index contributed by atoms with van der Waals surface area (Å²) >= 11 is 3.98. The number of ether oxygens (including phenoxy) is 1. The fourth-order valence-corrected chi connectivity index (χ4v) is 1.41. The van der Waals surface area contributed by atoms with Crippen molar-refractivity contribution in [2.24, 2.45) is 5.41 Å². The van der Waals surface area contributed by atoms with Gasteiger partial charge in [-0.05, 0) is 18.6 Å². The first kappa shape index (κ1) is 13.0. The molecule has 0 saturated heterocycles. The van der Waals surface area contributed by atoms with Gasteiger partial charge in [0.2, 0.25) is 0 Å². The van der Waals surface area contributed by atoms with Crippen LogP contribution in [0.2, 0.25) is 0 Å². The van der Waals surface area contributed by atoms with Gasteiger partial charge in [-0.2, -0.15) is 34.6 Å². The fourth-order valence-electron chi connectivity index (χ4n) is 1.00. The van der Waals surface area contributed by atoms with Gasteiger partial charge < -0.3 is 4.74 Å². The lowest BCUT2D eigenvalue weighted by atomic mass is 10.2. The number of alkyl halides is 5. The molecule has 1 aliphatic rings. The normalized spacial score (nSPS) is 20.4. The SMILES string of the molecule is FC(F)(F)C(F)(F)COCC1(CS)CC1. The van der Waals surface area contributed by atoms with Crippen LogP contribution in [0.3, 0.4) is 0 Å². The second-order valence-corrected chi connectivity index (χ2v) is 4.17. The van der Waals surface area contributed by atoms with E-state index in [0.717, 1.165) is 12.8 Å². The molecule has 7 heteroatoms. The zero-order chi connectivity index (χ0) is 11.7. The van der Waals surface area contributed by atoms with E-state index in [1.165, 1.54) is 0 Å². The van der Waals surface area contributed by atoms with Gasteiger partial charge in [0.15, 0.2) is 0 Å². The molecule has 0 radical (unpaired) electrons. The van der Waals surface area contributed by atoms with E-state index in [1.54, 1.807) is 0 Å². The van der Waals surface area contributed by atoms with Gasteiger partial charge in [-0.3, -0.25) is 0 Å². The molecule has 0 aromatic carbocycles. The predicted octanol–water partition coefficient (Wildman–Crippen LogP) is 2.91. The Labute approximate surface area is 89.4 Å². The molecule has 0 spiro atoms. The molecular formula is C8H11F5OS. The third-order valence-corrected chi connectivity index (χ3v) is 3.07. The maximum absolute atomic E-state index is 12.4. The molecule has 15 heavy (non-hydrogen) atoms. The van der Waals surface area contributed by atoms with Crippen molar-refractivity contribution in [3.05, 3.63) is 0 Å². The van der Waals surface area contributed by atoms with Crippen LogP contribution in [-0.2, 0) is 4.74 Å². The third kappa shape index (κ3) is 3.21. The Hall–Kier alpha value is -0.0400. The van der Waals surface area contributed by atoms with Crippen LogP contribution < -0.4 is 0 Å².